The molecule has 0 amide bonds. The first-order valence-corrected chi connectivity index (χ1v) is 5.80. The second-order valence-electron chi connectivity index (χ2n) is 2.13. The fraction of sp³-hybridized carbons (Fsp3) is 0.750. The first-order chi connectivity index (χ1) is 5.18. The molecule has 0 spiro atoms. The van der Waals surface area contributed by atoms with Crippen LogP contribution in [-0.4, -0.2) is 18.9 Å². The van der Waals surface area contributed by atoms with Gasteiger partial charge in [0.1, 0.15) is 0 Å². The van der Waals surface area contributed by atoms with E-state index in [9.17, 15) is 4.57 Å². The zero-order chi connectivity index (χ0) is 8.74. The molecule has 0 N–H and O–H groups in total. The maximum atomic E-state index is 11.6. The third-order valence-corrected chi connectivity index (χ3v) is 3.68. The Labute approximate surface area is 68.8 Å². The summed E-state index contributed by atoms with van der Waals surface area (Å²) in [5.74, 6) is 5.50. The van der Waals surface area contributed by atoms with Gasteiger partial charge in [-0.1, -0.05) is 12.8 Å². The van der Waals surface area contributed by atoms with Gasteiger partial charge in [0.15, 0.2) is 0 Å². The van der Waals surface area contributed by atoms with Crippen LogP contribution in [0.2, 0.25) is 0 Å². The molecule has 0 aliphatic rings. The molecule has 0 radical (unpaired) electrons. The summed E-state index contributed by atoms with van der Waals surface area (Å²) >= 11 is 0. The summed E-state index contributed by atoms with van der Waals surface area (Å²) in [5.41, 5.74) is 0. The van der Waals surface area contributed by atoms with Gasteiger partial charge in [-0.2, -0.15) is 0 Å². The zero-order valence-electron chi connectivity index (χ0n) is 7.39. The van der Waals surface area contributed by atoms with E-state index in [1.54, 1.807) is 6.92 Å². The summed E-state index contributed by atoms with van der Waals surface area (Å²) < 4.78 is 16.7. The first kappa shape index (κ1) is 10.8. The van der Waals surface area contributed by atoms with E-state index in [1.807, 2.05) is 13.8 Å². The zero-order valence-corrected chi connectivity index (χ0v) is 8.28. The second kappa shape index (κ2) is 5.41. The summed E-state index contributed by atoms with van der Waals surface area (Å²) in [6.45, 7) is 5.97. The number of rotatable bonds is 4. The first-order valence-electron chi connectivity index (χ1n) is 3.80. The van der Waals surface area contributed by atoms with Gasteiger partial charge in [0.05, 0.1) is 12.8 Å². The minimum absolute atomic E-state index is 0.397. The molecule has 1 atom stereocenters. The molecular weight excluding hydrogens is 159 g/mol. The van der Waals surface area contributed by atoms with Crippen molar-refractivity contribution in [1.82, 2.24) is 0 Å². The molecule has 0 saturated carbocycles. The lowest BCUT2D eigenvalue weighted by Crippen LogP contribution is -1.95. The molecule has 0 aromatic rings. The van der Waals surface area contributed by atoms with Gasteiger partial charge in [0, 0.05) is 6.16 Å². The predicted octanol–water partition coefficient (Wildman–Crippen LogP) is 2.34. The van der Waals surface area contributed by atoms with Gasteiger partial charge in [-0.25, -0.2) is 0 Å². The Morgan fingerprint density at radius 3 is 2.45 bits per heavy atom. The second-order valence-corrected chi connectivity index (χ2v) is 4.97. The minimum atomic E-state index is -2.39. The van der Waals surface area contributed by atoms with Gasteiger partial charge in [-0.15, -0.1) is 5.92 Å². The Morgan fingerprint density at radius 2 is 2.09 bits per heavy atom. The molecule has 11 heavy (non-hydrogen) atoms. The number of hydrogen-bond acceptors (Lipinski definition) is 2. The standard InChI is InChI=1S/C8H15O2P/c1-4-7-8-11(9,6-3)10-5-2/h5-6,8H2,1-3H3. The summed E-state index contributed by atoms with van der Waals surface area (Å²) in [6.07, 6.45) is 0.976. The highest BCUT2D eigenvalue weighted by molar-refractivity contribution is 7.59. The maximum Gasteiger partial charge on any atom is 0.214 e. The van der Waals surface area contributed by atoms with E-state index in [4.69, 9.17) is 4.52 Å². The molecule has 0 aliphatic heterocycles. The highest BCUT2D eigenvalue weighted by Crippen LogP contribution is 2.45. The predicted molar refractivity (Wildman–Crippen MR) is 48.1 cm³/mol. The van der Waals surface area contributed by atoms with Crippen LogP contribution in [0.3, 0.4) is 0 Å². The van der Waals surface area contributed by atoms with Gasteiger partial charge in [-0.3, -0.25) is 4.57 Å². The van der Waals surface area contributed by atoms with Gasteiger partial charge in [-0.05, 0) is 13.8 Å². The Morgan fingerprint density at radius 1 is 1.45 bits per heavy atom. The molecule has 0 heterocycles. The van der Waals surface area contributed by atoms with Crippen LogP contribution in [0.5, 0.6) is 0 Å². The van der Waals surface area contributed by atoms with Crippen molar-refractivity contribution in [2.75, 3.05) is 18.9 Å². The molecule has 0 bridgehead atoms. The van der Waals surface area contributed by atoms with Gasteiger partial charge in [0.2, 0.25) is 7.37 Å². The van der Waals surface area contributed by atoms with Crippen molar-refractivity contribution in [3.05, 3.63) is 0 Å². The lowest BCUT2D eigenvalue weighted by atomic mass is 10.7. The van der Waals surface area contributed by atoms with Crippen LogP contribution in [0, 0.1) is 11.8 Å². The largest absolute Gasteiger partial charge is 0.328 e. The van der Waals surface area contributed by atoms with E-state index in [-0.39, 0.29) is 0 Å². The Bertz CT molecular complexity index is 200. The van der Waals surface area contributed by atoms with Crippen LogP contribution in [-0.2, 0) is 9.09 Å². The van der Waals surface area contributed by atoms with Crippen molar-refractivity contribution < 1.29 is 9.09 Å². The van der Waals surface area contributed by atoms with Gasteiger partial charge >= 0.3 is 0 Å². The summed E-state index contributed by atoms with van der Waals surface area (Å²) in [6, 6.07) is 0. The van der Waals surface area contributed by atoms with Crippen LogP contribution < -0.4 is 0 Å². The van der Waals surface area contributed by atoms with Crippen molar-refractivity contribution in [3.8, 4) is 11.8 Å². The van der Waals surface area contributed by atoms with Gasteiger partial charge < -0.3 is 4.52 Å². The Kier molecular flexibility index (Phi) is 5.28. The molecule has 2 nitrogen and oxygen atoms in total. The molecular formula is C8H15O2P. The quantitative estimate of drug-likeness (QED) is 0.483. The summed E-state index contributed by atoms with van der Waals surface area (Å²) in [5, 5.41) is 0. The van der Waals surface area contributed by atoms with Crippen molar-refractivity contribution in [1.29, 1.82) is 0 Å². The summed E-state index contributed by atoms with van der Waals surface area (Å²) in [4.78, 5) is 0. The molecule has 3 heteroatoms. The van der Waals surface area contributed by atoms with E-state index in [2.05, 4.69) is 11.8 Å². The molecule has 0 fully saturated rings. The molecule has 0 aromatic heterocycles. The minimum Gasteiger partial charge on any atom is -0.328 e. The fourth-order valence-corrected chi connectivity index (χ4v) is 2.05. The molecule has 64 valence electrons. The molecule has 1 unspecified atom stereocenters. The Hall–Kier alpha value is -0.250. The van der Waals surface area contributed by atoms with Crippen LogP contribution in [0.4, 0.5) is 0 Å². The average molecular weight is 174 g/mol. The third-order valence-electron chi connectivity index (χ3n) is 1.34. The van der Waals surface area contributed by atoms with Crippen LogP contribution in [0.1, 0.15) is 20.8 Å². The van der Waals surface area contributed by atoms with Crippen molar-refractivity contribution in [2.45, 2.75) is 20.8 Å². The fourth-order valence-electron chi connectivity index (χ4n) is 0.684. The van der Waals surface area contributed by atoms with Crippen molar-refractivity contribution in [2.24, 2.45) is 0 Å². The van der Waals surface area contributed by atoms with E-state index in [0.29, 0.717) is 18.9 Å². The smallest absolute Gasteiger partial charge is 0.214 e. The topological polar surface area (TPSA) is 26.3 Å². The van der Waals surface area contributed by atoms with Crippen LogP contribution in [0.25, 0.3) is 0 Å². The van der Waals surface area contributed by atoms with E-state index in [0.717, 1.165) is 0 Å². The molecule has 0 saturated heterocycles. The molecule has 0 aliphatic carbocycles. The molecule has 0 rings (SSSR count). The Balaban J connectivity index is 4.07. The normalized spacial score (nSPS) is 14.8. The van der Waals surface area contributed by atoms with Crippen molar-refractivity contribution in [3.63, 3.8) is 0 Å². The number of hydrogen-bond donors (Lipinski definition) is 0. The lowest BCUT2D eigenvalue weighted by Gasteiger charge is -2.11. The summed E-state index contributed by atoms with van der Waals surface area (Å²) in [7, 11) is -2.39. The highest BCUT2D eigenvalue weighted by atomic mass is 31.2. The van der Waals surface area contributed by atoms with E-state index in [1.165, 1.54) is 0 Å². The van der Waals surface area contributed by atoms with Gasteiger partial charge in [0.25, 0.3) is 0 Å². The van der Waals surface area contributed by atoms with Crippen LogP contribution >= 0.6 is 7.37 Å². The highest BCUT2D eigenvalue weighted by Gasteiger charge is 2.17. The third kappa shape index (κ3) is 4.24. The average Bonchev–Trinajstić information content (AvgIpc) is 2.02. The SMILES string of the molecule is CC#CCP(=O)(CC)OCC. The monoisotopic (exact) mass is 174 g/mol. The maximum absolute atomic E-state index is 11.6. The van der Waals surface area contributed by atoms with E-state index < -0.39 is 7.37 Å². The lowest BCUT2D eigenvalue weighted by molar-refractivity contribution is 0.336. The van der Waals surface area contributed by atoms with Crippen LogP contribution in [0.15, 0.2) is 0 Å². The van der Waals surface area contributed by atoms with Crippen molar-refractivity contribution >= 4 is 7.37 Å². The van der Waals surface area contributed by atoms with E-state index >= 15 is 0 Å². The molecule has 0 aromatic carbocycles.